The van der Waals surface area contributed by atoms with Crippen molar-refractivity contribution in [1.82, 2.24) is 10.2 Å². The lowest BCUT2D eigenvalue weighted by Crippen LogP contribution is -2.63. The Morgan fingerprint density at radius 3 is 2.27 bits per heavy atom. The van der Waals surface area contributed by atoms with Crippen LogP contribution in [0.3, 0.4) is 0 Å². The first-order valence-corrected chi connectivity index (χ1v) is 6.63. The van der Waals surface area contributed by atoms with Gasteiger partial charge in [0, 0.05) is 12.8 Å². The van der Waals surface area contributed by atoms with Crippen molar-refractivity contribution in [2.24, 2.45) is 0 Å². The molecule has 1 rings (SSSR count). The largest absolute Gasteiger partial charge is 0.481 e. The zero-order valence-corrected chi connectivity index (χ0v) is 11.6. The summed E-state index contributed by atoms with van der Waals surface area (Å²) < 4.78 is 0. The third-order valence-electron chi connectivity index (χ3n) is 3.28. The van der Waals surface area contributed by atoms with Gasteiger partial charge in [0.05, 0.1) is 12.6 Å². The molecule has 0 saturated carbocycles. The number of hydrogen-bond donors (Lipinski definition) is 5. The van der Waals surface area contributed by atoms with Crippen molar-refractivity contribution in [1.29, 1.82) is 0 Å². The predicted octanol–water partition coefficient (Wildman–Crippen LogP) is -1.71. The fourth-order valence-corrected chi connectivity index (χ4v) is 2.26. The van der Waals surface area contributed by atoms with E-state index in [0.717, 1.165) is 4.90 Å². The van der Waals surface area contributed by atoms with Crippen LogP contribution in [-0.2, 0) is 19.2 Å². The number of amides is 1. The van der Waals surface area contributed by atoms with Gasteiger partial charge in [-0.05, 0) is 12.8 Å². The molecular formula is C12H18N2O8. The summed E-state index contributed by atoms with van der Waals surface area (Å²) in [5.74, 6) is -4.36. The fraction of sp³-hybridized carbons (Fsp3) is 0.667. The van der Waals surface area contributed by atoms with E-state index in [9.17, 15) is 24.3 Å². The van der Waals surface area contributed by atoms with Gasteiger partial charge in [-0.2, -0.15) is 0 Å². The first-order chi connectivity index (χ1) is 10.2. The minimum absolute atomic E-state index is 0.104. The van der Waals surface area contributed by atoms with Crippen LogP contribution in [0.4, 0.5) is 0 Å². The van der Waals surface area contributed by atoms with E-state index >= 15 is 0 Å². The maximum Gasteiger partial charge on any atom is 0.326 e. The van der Waals surface area contributed by atoms with Gasteiger partial charge in [0.25, 0.3) is 0 Å². The van der Waals surface area contributed by atoms with Gasteiger partial charge in [-0.3, -0.25) is 19.7 Å². The van der Waals surface area contributed by atoms with E-state index in [-0.39, 0.29) is 25.8 Å². The van der Waals surface area contributed by atoms with Crippen molar-refractivity contribution in [3.8, 4) is 0 Å². The van der Waals surface area contributed by atoms with Gasteiger partial charge in [0.1, 0.15) is 12.3 Å². The van der Waals surface area contributed by atoms with Crippen LogP contribution < -0.4 is 5.32 Å². The average Bonchev–Trinajstić information content (AvgIpc) is 2.39. The molecular weight excluding hydrogens is 300 g/mol. The van der Waals surface area contributed by atoms with E-state index < -0.39 is 48.5 Å². The summed E-state index contributed by atoms with van der Waals surface area (Å²) in [6, 6.07) is -2.40. The quantitative estimate of drug-likeness (QED) is 0.350. The van der Waals surface area contributed by atoms with E-state index in [1.807, 2.05) is 0 Å². The number of hydrogen-bond acceptors (Lipinski definition) is 6. The first kappa shape index (κ1) is 17.9. The molecule has 0 aromatic rings. The molecule has 0 spiro atoms. The highest BCUT2D eigenvalue weighted by atomic mass is 16.4. The second kappa shape index (κ2) is 7.71. The Balaban J connectivity index is 2.83. The lowest BCUT2D eigenvalue weighted by atomic mass is 10.0. The Morgan fingerprint density at radius 2 is 1.77 bits per heavy atom. The Bertz CT molecular complexity index is 466. The molecule has 0 bridgehead atoms. The molecule has 22 heavy (non-hydrogen) atoms. The molecule has 1 fully saturated rings. The van der Waals surface area contributed by atoms with Gasteiger partial charge in [-0.25, -0.2) is 4.79 Å². The van der Waals surface area contributed by atoms with Crippen LogP contribution in [0.2, 0.25) is 0 Å². The average molecular weight is 318 g/mol. The van der Waals surface area contributed by atoms with E-state index in [2.05, 4.69) is 5.32 Å². The van der Waals surface area contributed by atoms with Crippen LogP contribution in [0.15, 0.2) is 0 Å². The Morgan fingerprint density at radius 1 is 1.18 bits per heavy atom. The summed E-state index contributed by atoms with van der Waals surface area (Å²) >= 11 is 0. The molecule has 0 radical (unpaired) electrons. The topological polar surface area (TPSA) is 164 Å². The molecule has 1 saturated heterocycles. The third kappa shape index (κ3) is 4.97. The maximum absolute atomic E-state index is 12.2. The molecule has 10 heteroatoms. The molecule has 3 atom stereocenters. The highest BCUT2D eigenvalue weighted by Gasteiger charge is 2.39. The second-order valence-corrected chi connectivity index (χ2v) is 4.94. The standard InChI is InChI=1S/C12H18N2O8/c15-8-5-14(7(12(21)22)2-4-10(18)19)11(20)6(13-8)1-3-9(16)17/h6-8,13,15H,1-5H2,(H,16,17)(H,18,19)(H,21,22). The highest BCUT2D eigenvalue weighted by molar-refractivity contribution is 5.88. The number of carboxylic acids is 3. The number of rotatable bonds is 8. The molecule has 3 unspecified atom stereocenters. The molecule has 5 N–H and O–H groups in total. The van der Waals surface area contributed by atoms with E-state index in [0.29, 0.717) is 0 Å². The maximum atomic E-state index is 12.2. The minimum atomic E-state index is -1.38. The number of aliphatic hydroxyl groups is 1. The Hall–Kier alpha value is -2.20. The van der Waals surface area contributed by atoms with Gasteiger partial charge in [-0.15, -0.1) is 0 Å². The number of carbonyl (C=O) groups is 4. The molecule has 0 aliphatic carbocycles. The van der Waals surface area contributed by atoms with Crippen LogP contribution in [0.1, 0.15) is 25.7 Å². The number of carboxylic acid groups (broad SMARTS) is 3. The lowest BCUT2D eigenvalue weighted by Gasteiger charge is -2.39. The van der Waals surface area contributed by atoms with Gasteiger partial charge in [0.2, 0.25) is 5.91 Å². The van der Waals surface area contributed by atoms with Crippen LogP contribution >= 0.6 is 0 Å². The third-order valence-corrected chi connectivity index (χ3v) is 3.28. The van der Waals surface area contributed by atoms with E-state index in [1.165, 1.54) is 0 Å². The molecule has 0 aromatic heterocycles. The minimum Gasteiger partial charge on any atom is -0.481 e. The number of carbonyl (C=O) groups excluding carboxylic acids is 1. The van der Waals surface area contributed by atoms with Crippen LogP contribution in [0, 0.1) is 0 Å². The van der Waals surface area contributed by atoms with Crippen molar-refractivity contribution in [3.63, 3.8) is 0 Å². The monoisotopic (exact) mass is 318 g/mol. The molecule has 1 heterocycles. The van der Waals surface area contributed by atoms with Gasteiger partial charge >= 0.3 is 17.9 Å². The summed E-state index contributed by atoms with van der Waals surface area (Å²) in [5.41, 5.74) is 0. The molecule has 0 aromatic carbocycles. The normalized spacial score (nSPS) is 23.1. The summed E-state index contributed by atoms with van der Waals surface area (Å²) in [7, 11) is 0. The van der Waals surface area contributed by atoms with Crippen LogP contribution in [-0.4, -0.2) is 74.0 Å². The highest BCUT2D eigenvalue weighted by Crippen LogP contribution is 2.16. The number of nitrogens with zero attached hydrogens (tertiary/aromatic N) is 1. The molecule has 1 amide bonds. The molecule has 1 aliphatic heterocycles. The number of β-amino-alcohol motifs (C(OH)–C–C–N with tert-alkyl or cyclic N) is 1. The predicted molar refractivity (Wildman–Crippen MR) is 69.8 cm³/mol. The second-order valence-electron chi connectivity index (χ2n) is 4.94. The smallest absolute Gasteiger partial charge is 0.326 e. The zero-order valence-electron chi connectivity index (χ0n) is 11.6. The number of aliphatic carboxylic acids is 3. The summed E-state index contributed by atoms with van der Waals surface area (Å²) in [6.07, 6.45) is -2.37. The van der Waals surface area contributed by atoms with Crippen molar-refractivity contribution >= 4 is 23.8 Å². The van der Waals surface area contributed by atoms with Crippen molar-refractivity contribution in [2.75, 3.05) is 6.54 Å². The van der Waals surface area contributed by atoms with Gasteiger partial charge < -0.3 is 25.3 Å². The van der Waals surface area contributed by atoms with Crippen LogP contribution in [0.5, 0.6) is 0 Å². The van der Waals surface area contributed by atoms with Gasteiger partial charge in [-0.1, -0.05) is 0 Å². The Kier molecular flexibility index (Phi) is 6.25. The van der Waals surface area contributed by atoms with E-state index in [1.54, 1.807) is 0 Å². The fourth-order valence-electron chi connectivity index (χ4n) is 2.26. The number of aliphatic hydroxyl groups excluding tert-OH is 1. The Labute approximate surface area is 125 Å². The number of piperazine rings is 1. The van der Waals surface area contributed by atoms with Crippen LogP contribution in [0.25, 0.3) is 0 Å². The first-order valence-electron chi connectivity index (χ1n) is 6.63. The summed E-state index contributed by atoms with van der Waals surface area (Å²) in [5, 5.41) is 38.6. The van der Waals surface area contributed by atoms with Crippen molar-refractivity contribution in [2.45, 2.75) is 44.0 Å². The molecule has 1 aliphatic rings. The SMILES string of the molecule is O=C(O)CCC1NC(O)CN(C(CCC(=O)O)C(=O)O)C1=O. The number of nitrogens with one attached hydrogen (secondary N) is 1. The lowest BCUT2D eigenvalue weighted by molar-refractivity contribution is -0.158. The molecule has 124 valence electrons. The zero-order chi connectivity index (χ0) is 16.9. The molecule has 10 nitrogen and oxygen atoms in total. The van der Waals surface area contributed by atoms with Crippen molar-refractivity contribution < 1.29 is 39.6 Å². The van der Waals surface area contributed by atoms with Gasteiger partial charge in [0.15, 0.2) is 0 Å². The van der Waals surface area contributed by atoms with E-state index in [4.69, 9.17) is 15.3 Å². The van der Waals surface area contributed by atoms with Crippen molar-refractivity contribution in [3.05, 3.63) is 0 Å². The summed E-state index contributed by atoms with van der Waals surface area (Å²) in [6.45, 7) is -0.307. The summed E-state index contributed by atoms with van der Waals surface area (Å²) in [4.78, 5) is 45.5.